The second-order valence-corrected chi connectivity index (χ2v) is 5.78. The van der Waals surface area contributed by atoms with E-state index >= 15 is 0 Å². The van der Waals surface area contributed by atoms with E-state index < -0.39 is 0 Å². The van der Waals surface area contributed by atoms with E-state index in [1.807, 2.05) is 23.1 Å². The Morgan fingerprint density at radius 3 is 3.14 bits per heavy atom. The van der Waals surface area contributed by atoms with Crippen LogP contribution in [0.4, 0.5) is 5.69 Å². The van der Waals surface area contributed by atoms with Crippen molar-refractivity contribution in [3.05, 3.63) is 30.0 Å². The molecule has 1 saturated heterocycles. The van der Waals surface area contributed by atoms with Gasteiger partial charge in [0.2, 0.25) is 0 Å². The van der Waals surface area contributed by atoms with Gasteiger partial charge in [0.05, 0.1) is 5.56 Å². The average molecular weight is 287 g/mol. The molecule has 112 valence electrons. The summed E-state index contributed by atoms with van der Waals surface area (Å²) in [4.78, 5) is 17.8. The van der Waals surface area contributed by atoms with Gasteiger partial charge in [0.15, 0.2) is 0 Å². The SMILES string of the molecule is Nc1ccc2[nH]cc(C(=O)N3CCCC(CCO)C3)c2c1. The molecule has 1 aromatic heterocycles. The molecule has 0 bridgehead atoms. The molecule has 3 rings (SSSR count). The molecule has 2 heterocycles. The number of hydrogen-bond acceptors (Lipinski definition) is 3. The van der Waals surface area contributed by atoms with E-state index in [2.05, 4.69) is 4.98 Å². The third-order valence-electron chi connectivity index (χ3n) is 4.28. The molecule has 1 unspecified atom stereocenters. The lowest BCUT2D eigenvalue weighted by atomic mass is 9.94. The smallest absolute Gasteiger partial charge is 0.256 e. The molecule has 0 aliphatic carbocycles. The Labute approximate surface area is 123 Å². The maximum absolute atomic E-state index is 12.7. The van der Waals surface area contributed by atoms with Crippen LogP contribution in [0.25, 0.3) is 10.9 Å². The number of H-pyrrole nitrogens is 1. The number of nitrogens with two attached hydrogens (primary N) is 1. The molecule has 0 saturated carbocycles. The lowest BCUT2D eigenvalue weighted by Gasteiger charge is -2.32. The number of aliphatic hydroxyl groups excluding tert-OH is 1. The molecule has 0 radical (unpaired) electrons. The number of nitrogens with zero attached hydrogens (tertiary/aromatic N) is 1. The minimum atomic E-state index is 0.0505. The van der Waals surface area contributed by atoms with Crippen LogP contribution >= 0.6 is 0 Å². The van der Waals surface area contributed by atoms with Crippen molar-refractivity contribution in [3.8, 4) is 0 Å². The fraction of sp³-hybridized carbons (Fsp3) is 0.438. The predicted molar refractivity (Wildman–Crippen MR) is 83.0 cm³/mol. The molecule has 0 spiro atoms. The number of carbonyl (C=O) groups is 1. The number of aromatic nitrogens is 1. The lowest BCUT2D eigenvalue weighted by Crippen LogP contribution is -2.40. The van der Waals surface area contributed by atoms with Crippen molar-refractivity contribution < 1.29 is 9.90 Å². The molecule has 5 heteroatoms. The number of amides is 1. The summed E-state index contributed by atoms with van der Waals surface area (Å²) in [6, 6.07) is 5.56. The number of fused-ring (bicyclic) bond motifs is 1. The summed E-state index contributed by atoms with van der Waals surface area (Å²) >= 11 is 0. The second kappa shape index (κ2) is 5.77. The summed E-state index contributed by atoms with van der Waals surface area (Å²) in [7, 11) is 0. The molecule has 5 nitrogen and oxygen atoms in total. The molecule has 21 heavy (non-hydrogen) atoms. The Hall–Kier alpha value is -2.01. The largest absolute Gasteiger partial charge is 0.399 e. The van der Waals surface area contributed by atoms with Gasteiger partial charge in [0.25, 0.3) is 5.91 Å². The Balaban J connectivity index is 1.84. The molecule has 1 atom stereocenters. The van der Waals surface area contributed by atoms with Crippen LogP contribution in [0, 0.1) is 5.92 Å². The number of piperidine rings is 1. The maximum Gasteiger partial charge on any atom is 0.256 e. The van der Waals surface area contributed by atoms with Crippen molar-refractivity contribution in [3.63, 3.8) is 0 Å². The summed E-state index contributed by atoms with van der Waals surface area (Å²) < 4.78 is 0. The molecule has 1 aliphatic rings. The zero-order valence-electron chi connectivity index (χ0n) is 12.0. The van der Waals surface area contributed by atoms with Gasteiger partial charge in [-0.15, -0.1) is 0 Å². The van der Waals surface area contributed by atoms with E-state index in [0.29, 0.717) is 17.2 Å². The number of nitrogen functional groups attached to an aromatic ring is 1. The number of likely N-dealkylation sites (tertiary alicyclic amines) is 1. The maximum atomic E-state index is 12.7. The van der Waals surface area contributed by atoms with E-state index in [9.17, 15) is 4.79 Å². The highest BCUT2D eigenvalue weighted by Crippen LogP contribution is 2.25. The number of aromatic amines is 1. The molecular weight excluding hydrogens is 266 g/mol. The summed E-state index contributed by atoms with van der Waals surface area (Å²) in [5.74, 6) is 0.456. The average Bonchev–Trinajstić information content (AvgIpc) is 2.90. The van der Waals surface area contributed by atoms with Gasteiger partial charge in [-0.1, -0.05) is 0 Å². The second-order valence-electron chi connectivity index (χ2n) is 5.78. The number of hydrogen-bond donors (Lipinski definition) is 3. The van der Waals surface area contributed by atoms with Crippen LogP contribution in [0.5, 0.6) is 0 Å². The minimum absolute atomic E-state index is 0.0505. The molecule has 1 fully saturated rings. The lowest BCUT2D eigenvalue weighted by molar-refractivity contribution is 0.0655. The highest BCUT2D eigenvalue weighted by molar-refractivity contribution is 6.07. The standard InChI is InChI=1S/C16H21N3O2/c17-12-3-4-15-13(8-12)14(9-18-15)16(21)19-6-1-2-11(10-19)5-7-20/h3-4,8-9,11,18,20H,1-2,5-7,10,17H2. The van der Waals surface area contributed by atoms with Gasteiger partial charge in [-0.25, -0.2) is 0 Å². The van der Waals surface area contributed by atoms with Gasteiger partial charge in [-0.3, -0.25) is 4.79 Å². The number of carbonyl (C=O) groups excluding carboxylic acids is 1. The van der Waals surface area contributed by atoms with E-state index in [-0.39, 0.29) is 12.5 Å². The quantitative estimate of drug-likeness (QED) is 0.755. The first-order valence-electron chi connectivity index (χ1n) is 7.46. The van der Waals surface area contributed by atoms with E-state index in [1.165, 1.54) is 0 Å². The van der Waals surface area contributed by atoms with Crippen LogP contribution in [0.1, 0.15) is 29.6 Å². The van der Waals surface area contributed by atoms with Crippen molar-refractivity contribution >= 4 is 22.5 Å². The zero-order valence-corrected chi connectivity index (χ0v) is 12.0. The first-order valence-corrected chi connectivity index (χ1v) is 7.46. The Kier molecular flexibility index (Phi) is 3.84. The number of rotatable bonds is 3. The van der Waals surface area contributed by atoms with Crippen LogP contribution < -0.4 is 5.73 Å². The molecule has 4 N–H and O–H groups in total. The summed E-state index contributed by atoms with van der Waals surface area (Å²) in [5.41, 5.74) is 8.10. The molecule has 1 amide bonds. The van der Waals surface area contributed by atoms with Crippen molar-refractivity contribution in [2.24, 2.45) is 5.92 Å². The van der Waals surface area contributed by atoms with Crippen LogP contribution in [0.3, 0.4) is 0 Å². The normalized spacial score (nSPS) is 19.1. The van der Waals surface area contributed by atoms with E-state index in [0.717, 1.165) is 43.3 Å². The van der Waals surface area contributed by atoms with Crippen LogP contribution in [0.2, 0.25) is 0 Å². The summed E-state index contributed by atoms with van der Waals surface area (Å²) in [6.45, 7) is 1.71. The topological polar surface area (TPSA) is 82.4 Å². The minimum Gasteiger partial charge on any atom is -0.399 e. The first kappa shape index (κ1) is 13.9. The number of anilines is 1. The summed E-state index contributed by atoms with van der Waals surface area (Å²) in [6.07, 6.45) is 4.62. The molecular formula is C16H21N3O2. The Morgan fingerprint density at radius 1 is 1.48 bits per heavy atom. The van der Waals surface area contributed by atoms with Gasteiger partial charge >= 0.3 is 0 Å². The first-order chi connectivity index (χ1) is 10.2. The predicted octanol–water partition coefficient (Wildman–Crippen LogP) is 1.98. The fourth-order valence-corrected chi connectivity index (χ4v) is 3.15. The van der Waals surface area contributed by atoms with E-state index in [4.69, 9.17) is 10.8 Å². The van der Waals surface area contributed by atoms with Gasteiger partial charge in [0.1, 0.15) is 0 Å². The Bertz CT molecular complexity index is 648. The van der Waals surface area contributed by atoms with Crippen molar-refractivity contribution in [2.45, 2.75) is 19.3 Å². The number of nitrogens with one attached hydrogen (secondary N) is 1. The highest BCUT2D eigenvalue weighted by atomic mass is 16.3. The molecule has 1 aromatic carbocycles. The monoisotopic (exact) mass is 287 g/mol. The zero-order chi connectivity index (χ0) is 14.8. The molecule has 1 aliphatic heterocycles. The van der Waals surface area contributed by atoms with Gasteiger partial charge < -0.3 is 20.7 Å². The number of benzene rings is 1. The van der Waals surface area contributed by atoms with Crippen LogP contribution in [-0.4, -0.2) is 40.6 Å². The van der Waals surface area contributed by atoms with Gasteiger partial charge in [-0.2, -0.15) is 0 Å². The summed E-state index contributed by atoms with van der Waals surface area (Å²) in [5, 5.41) is 9.96. The fourth-order valence-electron chi connectivity index (χ4n) is 3.15. The van der Waals surface area contributed by atoms with Gasteiger partial charge in [-0.05, 0) is 43.4 Å². The third kappa shape index (κ3) is 2.74. The molecule has 2 aromatic rings. The Morgan fingerprint density at radius 2 is 2.33 bits per heavy atom. The number of aliphatic hydroxyl groups is 1. The van der Waals surface area contributed by atoms with Crippen molar-refractivity contribution in [1.82, 2.24) is 9.88 Å². The van der Waals surface area contributed by atoms with Gasteiger partial charge in [0, 0.05) is 42.5 Å². The highest BCUT2D eigenvalue weighted by Gasteiger charge is 2.25. The third-order valence-corrected chi connectivity index (χ3v) is 4.28. The van der Waals surface area contributed by atoms with Crippen molar-refractivity contribution in [1.29, 1.82) is 0 Å². The van der Waals surface area contributed by atoms with Crippen molar-refractivity contribution in [2.75, 3.05) is 25.4 Å². The van der Waals surface area contributed by atoms with Crippen LogP contribution in [0.15, 0.2) is 24.4 Å². The van der Waals surface area contributed by atoms with Crippen LogP contribution in [-0.2, 0) is 0 Å². The van der Waals surface area contributed by atoms with E-state index in [1.54, 1.807) is 6.20 Å².